The molecule has 0 saturated heterocycles. The van der Waals surface area contributed by atoms with Crippen molar-refractivity contribution < 1.29 is 9.53 Å². The summed E-state index contributed by atoms with van der Waals surface area (Å²) < 4.78 is 5.11. The maximum absolute atomic E-state index is 11.8. The number of esters is 1. The first-order chi connectivity index (χ1) is 10.2. The first kappa shape index (κ1) is 16.2. The first-order valence-corrected chi connectivity index (χ1v) is 8.47. The minimum absolute atomic E-state index is 0.0350. The number of halogens is 1. The van der Waals surface area contributed by atoms with Gasteiger partial charge in [-0.1, -0.05) is 25.4 Å². The molecule has 1 aliphatic rings. The number of carbonyl (C=O) groups is 1. The van der Waals surface area contributed by atoms with E-state index in [0.29, 0.717) is 11.8 Å². The molecule has 0 spiro atoms. The molecule has 0 amide bonds. The van der Waals surface area contributed by atoms with Crippen LogP contribution in [0.1, 0.15) is 37.6 Å². The Labute approximate surface area is 133 Å². The van der Waals surface area contributed by atoms with E-state index in [1.165, 1.54) is 16.8 Å². The number of hydrogen-bond acceptors (Lipinski definition) is 5. The van der Waals surface area contributed by atoms with E-state index in [2.05, 4.69) is 9.97 Å². The van der Waals surface area contributed by atoms with Crippen LogP contribution in [0.5, 0.6) is 0 Å². The van der Waals surface area contributed by atoms with Crippen LogP contribution in [0, 0.1) is 5.92 Å². The third kappa shape index (κ3) is 3.19. The predicted octanol–water partition coefficient (Wildman–Crippen LogP) is 4.04. The normalized spacial score (nSPS) is 16.9. The average molecular weight is 327 g/mol. The van der Waals surface area contributed by atoms with Crippen LogP contribution in [0.25, 0.3) is 10.2 Å². The molecule has 0 aliphatic heterocycles. The second-order valence-electron chi connectivity index (χ2n) is 4.54. The van der Waals surface area contributed by atoms with E-state index < -0.39 is 0 Å². The number of rotatable bonds is 2. The zero-order valence-electron chi connectivity index (χ0n) is 12.5. The molecule has 2 heterocycles. The minimum atomic E-state index is -0.0946. The monoisotopic (exact) mass is 326 g/mol. The smallest absolute Gasteiger partial charge is 0.309 e. The van der Waals surface area contributed by atoms with Crippen LogP contribution >= 0.6 is 22.9 Å². The molecule has 0 radical (unpaired) electrons. The summed E-state index contributed by atoms with van der Waals surface area (Å²) in [7, 11) is 0. The van der Waals surface area contributed by atoms with Crippen molar-refractivity contribution in [3.05, 3.63) is 21.9 Å². The van der Waals surface area contributed by atoms with Gasteiger partial charge in [-0.05, 0) is 31.7 Å². The molecule has 0 aromatic carbocycles. The molecule has 2 aromatic rings. The quantitative estimate of drug-likeness (QED) is 0.617. The molecule has 2 aromatic heterocycles. The fourth-order valence-electron chi connectivity index (χ4n) is 2.53. The highest BCUT2D eigenvalue weighted by Gasteiger charge is 2.29. The van der Waals surface area contributed by atoms with Gasteiger partial charge in [0.15, 0.2) is 0 Å². The lowest BCUT2D eigenvalue weighted by Crippen LogP contribution is -2.23. The lowest BCUT2D eigenvalue weighted by Gasteiger charge is -2.20. The Kier molecular flexibility index (Phi) is 5.53. The average Bonchev–Trinajstić information content (AvgIpc) is 2.88. The van der Waals surface area contributed by atoms with Gasteiger partial charge in [0.25, 0.3) is 0 Å². The maximum Gasteiger partial charge on any atom is 0.309 e. The van der Waals surface area contributed by atoms with Crippen LogP contribution in [0.15, 0.2) is 6.33 Å². The molecule has 1 atom stereocenters. The van der Waals surface area contributed by atoms with Gasteiger partial charge in [-0.2, -0.15) is 0 Å². The van der Waals surface area contributed by atoms with E-state index in [-0.39, 0.29) is 11.9 Å². The Morgan fingerprint density at radius 1 is 1.48 bits per heavy atom. The molecule has 3 rings (SSSR count). The molecule has 1 unspecified atom stereocenters. The number of nitrogens with zero attached hydrogens (tertiary/aromatic N) is 2. The number of carbonyl (C=O) groups excluding carboxylic acids is 1. The van der Waals surface area contributed by atoms with E-state index in [1.807, 2.05) is 20.8 Å². The van der Waals surface area contributed by atoms with Crippen molar-refractivity contribution >= 4 is 39.1 Å². The first-order valence-electron chi connectivity index (χ1n) is 7.28. The summed E-state index contributed by atoms with van der Waals surface area (Å²) in [6.07, 6.45) is 3.86. The highest BCUT2D eigenvalue weighted by molar-refractivity contribution is 7.19. The van der Waals surface area contributed by atoms with Crippen molar-refractivity contribution in [3.63, 3.8) is 0 Å². The van der Waals surface area contributed by atoms with Gasteiger partial charge in [-0.3, -0.25) is 4.79 Å². The maximum atomic E-state index is 11.8. The van der Waals surface area contributed by atoms with Crippen LogP contribution in [0.3, 0.4) is 0 Å². The van der Waals surface area contributed by atoms with Crippen molar-refractivity contribution in [2.45, 2.75) is 40.0 Å². The van der Waals surface area contributed by atoms with Crippen molar-refractivity contribution in [2.24, 2.45) is 5.92 Å². The third-order valence-corrected chi connectivity index (χ3v) is 4.87. The lowest BCUT2D eigenvalue weighted by molar-refractivity contribution is -0.148. The summed E-state index contributed by atoms with van der Waals surface area (Å²) in [4.78, 5) is 22.2. The fraction of sp³-hybridized carbons (Fsp3) is 0.533. The Bertz CT molecular complexity index is 642. The summed E-state index contributed by atoms with van der Waals surface area (Å²) in [5.74, 6) is -0.130. The van der Waals surface area contributed by atoms with Gasteiger partial charge in [0, 0.05) is 4.88 Å². The largest absolute Gasteiger partial charge is 0.466 e. The van der Waals surface area contributed by atoms with E-state index in [4.69, 9.17) is 16.3 Å². The van der Waals surface area contributed by atoms with Crippen molar-refractivity contribution in [1.29, 1.82) is 0 Å². The third-order valence-electron chi connectivity index (χ3n) is 3.42. The van der Waals surface area contributed by atoms with Crippen LogP contribution in [-0.2, 0) is 22.4 Å². The number of ether oxygens (including phenoxy) is 1. The van der Waals surface area contributed by atoms with E-state index >= 15 is 0 Å². The number of aryl methyl sites for hydroxylation is 1. The summed E-state index contributed by atoms with van der Waals surface area (Å²) in [5, 5.41) is 1.48. The summed E-state index contributed by atoms with van der Waals surface area (Å²) >= 11 is 7.76. The second-order valence-corrected chi connectivity index (χ2v) is 5.98. The van der Waals surface area contributed by atoms with Crippen molar-refractivity contribution in [3.8, 4) is 0 Å². The number of aromatic nitrogens is 2. The minimum Gasteiger partial charge on any atom is -0.466 e. The zero-order valence-corrected chi connectivity index (χ0v) is 14.1. The topological polar surface area (TPSA) is 52.1 Å². The van der Waals surface area contributed by atoms with Gasteiger partial charge in [-0.15, -0.1) is 11.3 Å². The van der Waals surface area contributed by atoms with Crippen LogP contribution in [0.4, 0.5) is 0 Å². The Morgan fingerprint density at radius 2 is 2.24 bits per heavy atom. The molecular formula is C15H19ClN2O2S. The number of hydrogen-bond donors (Lipinski definition) is 0. The van der Waals surface area contributed by atoms with Crippen LogP contribution in [0.2, 0.25) is 5.15 Å². The zero-order chi connectivity index (χ0) is 15.4. The van der Waals surface area contributed by atoms with E-state index in [0.717, 1.165) is 29.5 Å². The fourth-order valence-corrected chi connectivity index (χ4v) is 4.10. The molecule has 4 nitrogen and oxygen atoms in total. The van der Waals surface area contributed by atoms with Crippen LogP contribution in [-0.4, -0.2) is 22.5 Å². The summed E-state index contributed by atoms with van der Waals surface area (Å²) in [6.45, 7) is 6.27. The summed E-state index contributed by atoms with van der Waals surface area (Å²) in [5.41, 5.74) is 1.21. The van der Waals surface area contributed by atoms with Gasteiger partial charge in [0.1, 0.15) is 16.3 Å². The Balaban J connectivity index is 0.000000774. The molecule has 0 fully saturated rings. The SMILES string of the molecule is CC.CCOC(=O)C1CCc2c(sc3ncnc(Cl)c23)C1. The van der Waals surface area contributed by atoms with Gasteiger partial charge in [0.2, 0.25) is 0 Å². The molecule has 0 bridgehead atoms. The molecule has 21 heavy (non-hydrogen) atoms. The van der Waals surface area contributed by atoms with Gasteiger partial charge >= 0.3 is 5.97 Å². The van der Waals surface area contributed by atoms with Crippen molar-refractivity contribution in [1.82, 2.24) is 9.97 Å². The molecular weight excluding hydrogens is 308 g/mol. The van der Waals surface area contributed by atoms with Gasteiger partial charge < -0.3 is 4.74 Å². The lowest BCUT2D eigenvalue weighted by atomic mass is 9.88. The molecule has 0 saturated carbocycles. The highest BCUT2D eigenvalue weighted by atomic mass is 35.5. The molecule has 114 valence electrons. The number of thiophene rings is 1. The molecule has 6 heteroatoms. The van der Waals surface area contributed by atoms with Gasteiger partial charge in [-0.25, -0.2) is 9.97 Å². The van der Waals surface area contributed by atoms with Gasteiger partial charge in [0.05, 0.1) is 17.9 Å². The standard InChI is InChI=1S/C13H13ClN2O2S.C2H6/c1-2-18-13(17)7-3-4-8-9(5-7)19-12-10(8)11(14)15-6-16-12;1-2/h6-7H,2-5H2,1H3;1-2H3. The Hall–Kier alpha value is -1.20. The predicted molar refractivity (Wildman–Crippen MR) is 85.9 cm³/mol. The molecule has 0 N–H and O–H groups in total. The Morgan fingerprint density at radius 3 is 2.95 bits per heavy atom. The second kappa shape index (κ2) is 7.18. The van der Waals surface area contributed by atoms with E-state index in [9.17, 15) is 4.79 Å². The number of fused-ring (bicyclic) bond motifs is 3. The molecule has 1 aliphatic carbocycles. The summed E-state index contributed by atoms with van der Waals surface area (Å²) in [6, 6.07) is 0. The van der Waals surface area contributed by atoms with E-state index in [1.54, 1.807) is 11.3 Å². The van der Waals surface area contributed by atoms with Crippen LogP contribution < -0.4 is 0 Å². The van der Waals surface area contributed by atoms with Crippen molar-refractivity contribution in [2.75, 3.05) is 6.61 Å². The highest BCUT2D eigenvalue weighted by Crippen LogP contribution is 2.39.